The van der Waals surface area contributed by atoms with E-state index in [9.17, 15) is 13.2 Å². The third-order valence-corrected chi connectivity index (χ3v) is 2.73. The molecule has 0 radical (unpaired) electrons. The largest absolute Gasteiger partial charge is 0.306 e. The number of nitrogens with one attached hydrogen (secondary N) is 2. The normalized spacial score (nSPS) is 23.9. The van der Waals surface area contributed by atoms with Gasteiger partial charge in [-0.1, -0.05) is 12.8 Å². The van der Waals surface area contributed by atoms with Gasteiger partial charge in [0.1, 0.15) is 0 Å². The Morgan fingerprint density at radius 2 is 2.07 bits per heavy atom. The van der Waals surface area contributed by atoms with E-state index in [1.165, 1.54) is 0 Å². The Morgan fingerprint density at radius 1 is 1.36 bits per heavy atom. The summed E-state index contributed by atoms with van der Waals surface area (Å²) in [7, 11) is -3.42. The molecule has 0 aliphatic carbocycles. The molecule has 2 N–H and O–H groups in total. The van der Waals surface area contributed by atoms with E-state index in [4.69, 9.17) is 0 Å². The standard InChI is InChI=1S/C8H16N2O3S/c1-14(12,13)10-8(11)7-5-3-2-4-6-9-7/h7,9H,2-6H2,1H3,(H,10,11). The third-order valence-electron chi connectivity index (χ3n) is 2.16. The fourth-order valence-electron chi connectivity index (χ4n) is 1.51. The highest BCUT2D eigenvalue weighted by Gasteiger charge is 2.21. The quantitative estimate of drug-likeness (QED) is 0.663. The van der Waals surface area contributed by atoms with E-state index in [1.54, 1.807) is 0 Å². The molecule has 1 heterocycles. The molecule has 1 aliphatic rings. The summed E-state index contributed by atoms with van der Waals surface area (Å²) in [4.78, 5) is 11.4. The Balaban J connectivity index is 2.50. The molecular weight excluding hydrogens is 204 g/mol. The van der Waals surface area contributed by atoms with Crippen molar-refractivity contribution in [1.82, 2.24) is 10.0 Å². The molecule has 0 aromatic rings. The minimum Gasteiger partial charge on any atom is -0.306 e. The summed E-state index contributed by atoms with van der Waals surface area (Å²) in [5, 5.41) is 3.03. The summed E-state index contributed by atoms with van der Waals surface area (Å²) in [6, 6.07) is -0.354. The minimum atomic E-state index is -3.42. The van der Waals surface area contributed by atoms with Crippen molar-refractivity contribution in [2.24, 2.45) is 0 Å². The van der Waals surface area contributed by atoms with Crippen molar-refractivity contribution in [3.05, 3.63) is 0 Å². The number of hydrogen-bond acceptors (Lipinski definition) is 4. The van der Waals surface area contributed by atoms with Gasteiger partial charge in [-0.2, -0.15) is 0 Å². The topological polar surface area (TPSA) is 75.3 Å². The molecule has 1 rings (SSSR count). The first-order valence-corrected chi connectivity index (χ1v) is 6.63. The molecule has 0 bridgehead atoms. The van der Waals surface area contributed by atoms with Crippen LogP contribution in [0.5, 0.6) is 0 Å². The van der Waals surface area contributed by atoms with Gasteiger partial charge in [-0.3, -0.25) is 9.52 Å². The van der Waals surface area contributed by atoms with Gasteiger partial charge in [-0.25, -0.2) is 8.42 Å². The zero-order chi connectivity index (χ0) is 10.6. The second kappa shape index (κ2) is 4.75. The lowest BCUT2D eigenvalue weighted by atomic mass is 10.1. The highest BCUT2D eigenvalue weighted by atomic mass is 32.2. The first-order chi connectivity index (χ1) is 6.49. The van der Waals surface area contributed by atoms with Gasteiger partial charge in [-0.15, -0.1) is 0 Å². The van der Waals surface area contributed by atoms with Crippen molar-refractivity contribution in [3.63, 3.8) is 0 Å². The Hall–Kier alpha value is -0.620. The molecule has 14 heavy (non-hydrogen) atoms. The van der Waals surface area contributed by atoms with E-state index in [0.29, 0.717) is 6.42 Å². The van der Waals surface area contributed by atoms with Crippen LogP contribution in [0.4, 0.5) is 0 Å². The van der Waals surface area contributed by atoms with Crippen LogP contribution in [0.2, 0.25) is 0 Å². The molecule has 0 spiro atoms. The summed E-state index contributed by atoms with van der Waals surface area (Å²) in [6.07, 6.45) is 4.80. The van der Waals surface area contributed by atoms with Gasteiger partial charge in [-0.05, 0) is 19.4 Å². The van der Waals surface area contributed by atoms with Crippen LogP contribution in [0.3, 0.4) is 0 Å². The molecule has 1 aliphatic heterocycles. The van der Waals surface area contributed by atoms with Gasteiger partial charge in [0.2, 0.25) is 10.0 Å². The van der Waals surface area contributed by atoms with Gasteiger partial charge in [0.25, 0.3) is 5.91 Å². The lowest BCUT2D eigenvalue weighted by Gasteiger charge is -2.14. The maximum absolute atomic E-state index is 11.4. The van der Waals surface area contributed by atoms with Crippen molar-refractivity contribution in [2.75, 3.05) is 12.8 Å². The average Bonchev–Trinajstić information content (AvgIpc) is 2.27. The molecule has 1 saturated heterocycles. The maximum Gasteiger partial charge on any atom is 0.250 e. The number of rotatable bonds is 2. The van der Waals surface area contributed by atoms with Crippen LogP contribution in [0, 0.1) is 0 Å². The first kappa shape index (κ1) is 11.5. The molecule has 6 heteroatoms. The van der Waals surface area contributed by atoms with Crippen LogP contribution in [-0.4, -0.2) is 33.2 Å². The van der Waals surface area contributed by atoms with Crippen molar-refractivity contribution in [3.8, 4) is 0 Å². The predicted molar refractivity (Wildman–Crippen MR) is 53.2 cm³/mol. The van der Waals surface area contributed by atoms with Crippen LogP contribution in [0.25, 0.3) is 0 Å². The highest BCUT2D eigenvalue weighted by molar-refractivity contribution is 7.89. The predicted octanol–water partition coefficient (Wildman–Crippen LogP) is -0.406. The van der Waals surface area contributed by atoms with Crippen LogP contribution >= 0.6 is 0 Å². The summed E-state index contributed by atoms with van der Waals surface area (Å²) in [5.74, 6) is -0.436. The van der Waals surface area contributed by atoms with E-state index in [-0.39, 0.29) is 6.04 Å². The number of carbonyl (C=O) groups excluding carboxylic acids is 1. The molecule has 0 aromatic carbocycles. The van der Waals surface area contributed by atoms with Crippen molar-refractivity contribution < 1.29 is 13.2 Å². The van der Waals surface area contributed by atoms with Crippen molar-refractivity contribution in [2.45, 2.75) is 31.7 Å². The van der Waals surface area contributed by atoms with E-state index >= 15 is 0 Å². The second-order valence-corrected chi connectivity index (χ2v) is 5.34. The molecule has 5 nitrogen and oxygen atoms in total. The van der Waals surface area contributed by atoms with Crippen LogP contribution in [-0.2, 0) is 14.8 Å². The van der Waals surface area contributed by atoms with Crippen LogP contribution in [0.15, 0.2) is 0 Å². The van der Waals surface area contributed by atoms with Crippen LogP contribution in [0.1, 0.15) is 25.7 Å². The summed E-state index contributed by atoms with van der Waals surface area (Å²) >= 11 is 0. The van der Waals surface area contributed by atoms with Gasteiger partial charge in [0.05, 0.1) is 12.3 Å². The molecular formula is C8H16N2O3S. The number of hydrogen-bond donors (Lipinski definition) is 2. The molecule has 0 aromatic heterocycles. The van der Waals surface area contributed by atoms with Crippen molar-refractivity contribution >= 4 is 15.9 Å². The molecule has 0 saturated carbocycles. The highest BCUT2D eigenvalue weighted by Crippen LogP contribution is 2.08. The van der Waals surface area contributed by atoms with E-state index in [0.717, 1.165) is 32.1 Å². The summed E-state index contributed by atoms with van der Waals surface area (Å²) < 4.78 is 23.6. The first-order valence-electron chi connectivity index (χ1n) is 4.74. The second-order valence-electron chi connectivity index (χ2n) is 3.59. The Kier molecular flexibility index (Phi) is 3.88. The van der Waals surface area contributed by atoms with E-state index < -0.39 is 15.9 Å². The average molecular weight is 220 g/mol. The van der Waals surface area contributed by atoms with Crippen molar-refractivity contribution in [1.29, 1.82) is 0 Å². The van der Waals surface area contributed by atoms with E-state index in [1.807, 2.05) is 4.72 Å². The number of amides is 1. The SMILES string of the molecule is CS(=O)(=O)NC(=O)C1CCCCCN1. The molecule has 1 atom stereocenters. The third kappa shape index (κ3) is 4.06. The summed E-state index contributed by atoms with van der Waals surface area (Å²) in [5.41, 5.74) is 0. The Labute approximate surface area is 84.3 Å². The Morgan fingerprint density at radius 3 is 2.71 bits per heavy atom. The zero-order valence-corrected chi connectivity index (χ0v) is 9.06. The number of carbonyl (C=O) groups is 1. The van der Waals surface area contributed by atoms with Gasteiger partial charge >= 0.3 is 0 Å². The maximum atomic E-state index is 11.4. The van der Waals surface area contributed by atoms with Gasteiger partial charge in [0.15, 0.2) is 0 Å². The van der Waals surface area contributed by atoms with Gasteiger partial charge < -0.3 is 5.32 Å². The van der Waals surface area contributed by atoms with Crippen LogP contribution < -0.4 is 10.0 Å². The fraction of sp³-hybridized carbons (Fsp3) is 0.875. The molecule has 82 valence electrons. The minimum absolute atomic E-state index is 0.354. The molecule has 1 amide bonds. The lowest BCUT2D eigenvalue weighted by molar-refractivity contribution is -0.121. The zero-order valence-electron chi connectivity index (χ0n) is 8.25. The molecule has 1 fully saturated rings. The monoisotopic (exact) mass is 220 g/mol. The molecule has 1 unspecified atom stereocenters. The summed E-state index contributed by atoms with van der Waals surface area (Å²) in [6.45, 7) is 0.780. The smallest absolute Gasteiger partial charge is 0.250 e. The van der Waals surface area contributed by atoms with Gasteiger partial charge in [0, 0.05) is 0 Å². The Bertz CT molecular complexity index is 292. The lowest BCUT2D eigenvalue weighted by Crippen LogP contribution is -2.45. The fourth-order valence-corrected chi connectivity index (χ4v) is 2.01. The number of sulfonamides is 1. The van der Waals surface area contributed by atoms with E-state index in [2.05, 4.69) is 5.32 Å².